The van der Waals surface area contributed by atoms with E-state index in [1.165, 1.54) is 0 Å². The third-order valence-electron chi connectivity index (χ3n) is 3.84. The average Bonchev–Trinajstić information content (AvgIpc) is 2.75. The molecular weight excluding hydrogens is 252 g/mol. The van der Waals surface area contributed by atoms with Gasteiger partial charge in [0.25, 0.3) is 0 Å². The molecule has 1 aliphatic rings. The molecule has 4 heteroatoms. The number of piperidine rings is 1. The van der Waals surface area contributed by atoms with Crippen molar-refractivity contribution in [3.8, 4) is 0 Å². The maximum atomic E-state index is 10.7. The summed E-state index contributed by atoms with van der Waals surface area (Å²) < 4.78 is 5.84. The van der Waals surface area contributed by atoms with Crippen LogP contribution in [0.1, 0.15) is 37.7 Å². The Labute approximate surface area is 122 Å². The second kappa shape index (κ2) is 6.74. The first-order valence-electron chi connectivity index (χ1n) is 7.68. The van der Waals surface area contributed by atoms with E-state index in [9.17, 15) is 5.11 Å². The van der Waals surface area contributed by atoms with E-state index in [2.05, 4.69) is 28.9 Å². The van der Waals surface area contributed by atoms with Crippen LogP contribution in [-0.2, 0) is 13.0 Å². The van der Waals surface area contributed by atoms with Crippen LogP contribution < -0.4 is 0 Å². The number of hydrogen-bond acceptors (Lipinski definition) is 4. The maximum absolute atomic E-state index is 10.7. The van der Waals surface area contributed by atoms with E-state index in [-0.39, 0.29) is 0 Å². The molecule has 1 aromatic rings. The third kappa shape index (κ3) is 4.33. The first-order valence-corrected chi connectivity index (χ1v) is 7.68. The highest BCUT2D eigenvalue weighted by Crippen LogP contribution is 2.23. The summed E-state index contributed by atoms with van der Waals surface area (Å²) in [5, 5.41) is 10.7. The number of likely N-dealkylation sites (tertiary alicyclic amines) is 1. The van der Waals surface area contributed by atoms with Crippen LogP contribution in [0.3, 0.4) is 0 Å². The number of likely N-dealkylation sites (N-methyl/N-ethyl adjacent to an activating group) is 1. The molecule has 1 aliphatic heterocycles. The van der Waals surface area contributed by atoms with Crippen LogP contribution in [-0.4, -0.2) is 54.2 Å². The molecule has 0 radical (unpaired) electrons. The topological polar surface area (TPSA) is 39.9 Å². The summed E-state index contributed by atoms with van der Waals surface area (Å²) in [4.78, 5) is 4.37. The Morgan fingerprint density at radius 3 is 2.80 bits per heavy atom. The molecule has 1 saturated heterocycles. The van der Waals surface area contributed by atoms with Gasteiger partial charge in [0.1, 0.15) is 11.5 Å². The van der Waals surface area contributed by atoms with Crippen molar-refractivity contribution in [3.05, 3.63) is 23.7 Å². The predicted octanol–water partition coefficient (Wildman–Crippen LogP) is 2.12. The number of furan rings is 1. The predicted molar refractivity (Wildman–Crippen MR) is 80.7 cm³/mol. The Morgan fingerprint density at radius 2 is 2.10 bits per heavy atom. The zero-order valence-electron chi connectivity index (χ0n) is 13.1. The van der Waals surface area contributed by atoms with Gasteiger partial charge >= 0.3 is 0 Å². The van der Waals surface area contributed by atoms with Crippen LogP contribution in [0.2, 0.25) is 0 Å². The Kier molecular flexibility index (Phi) is 5.24. The lowest BCUT2D eigenvalue weighted by atomic mass is 9.92. The normalized spacial score (nSPS) is 24.4. The number of nitrogens with zero attached hydrogens (tertiary/aromatic N) is 2. The van der Waals surface area contributed by atoms with Crippen LogP contribution in [0.5, 0.6) is 0 Å². The van der Waals surface area contributed by atoms with E-state index in [4.69, 9.17) is 4.42 Å². The molecule has 1 aromatic heterocycles. The van der Waals surface area contributed by atoms with E-state index in [1.807, 2.05) is 14.1 Å². The van der Waals surface area contributed by atoms with Crippen LogP contribution in [0.4, 0.5) is 0 Å². The molecule has 1 fully saturated rings. The van der Waals surface area contributed by atoms with E-state index in [0.29, 0.717) is 0 Å². The fourth-order valence-corrected chi connectivity index (χ4v) is 3.17. The van der Waals surface area contributed by atoms with Gasteiger partial charge in [0, 0.05) is 19.5 Å². The van der Waals surface area contributed by atoms with Gasteiger partial charge in [0.2, 0.25) is 0 Å². The number of hydrogen-bond donors (Lipinski definition) is 1. The lowest BCUT2D eigenvalue weighted by molar-refractivity contribution is -0.0493. The minimum Gasteiger partial charge on any atom is -0.465 e. The quantitative estimate of drug-likeness (QED) is 0.866. The van der Waals surface area contributed by atoms with Crippen molar-refractivity contribution < 1.29 is 9.52 Å². The average molecular weight is 280 g/mol. The van der Waals surface area contributed by atoms with Gasteiger partial charge < -0.3 is 14.4 Å². The summed E-state index contributed by atoms with van der Waals surface area (Å²) in [5.41, 5.74) is -0.583. The minimum absolute atomic E-state index is 0.583. The SMILES string of the molecule is CCCc1ccc(CN2CCC[C@](O)(CN(C)C)C2)o1. The fourth-order valence-electron chi connectivity index (χ4n) is 3.17. The summed E-state index contributed by atoms with van der Waals surface area (Å²) in [7, 11) is 4.03. The summed E-state index contributed by atoms with van der Waals surface area (Å²) in [6.07, 6.45) is 4.05. The Balaban J connectivity index is 1.91. The molecule has 1 atom stereocenters. The van der Waals surface area contributed by atoms with Gasteiger partial charge in [-0.15, -0.1) is 0 Å². The van der Waals surface area contributed by atoms with E-state index in [1.54, 1.807) is 0 Å². The van der Waals surface area contributed by atoms with Crippen molar-refractivity contribution in [3.63, 3.8) is 0 Å². The van der Waals surface area contributed by atoms with Gasteiger partial charge in [-0.2, -0.15) is 0 Å². The summed E-state index contributed by atoms with van der Waals surface area (Å²) in [6, 6.07) is 4.15. The van der Waals surface area contributed by atoms with Gasteiger partial charge in [-0.05, 0) is 52.0 Å². The van der Waals surface area contributed by atoms with Gasteiger partial charge in [-0.25, -0.2) is 0 Å². The molecule has 0 amide bonds. The zero-order chi connectivity index (χ0) is 14.6. The lowest BCUT2D eigenvalue weighted by Crippen LogP contribution is -2.52. The second-order valence-electron chi connectivity index (χ2n) is 6.39. The molecule has 0 spiro atoms. The van der Waals surface area contributed by atoms with Gasteiger partial charge in [0.05, 0.1) is 12.1 Å². The highest BCUT2D eigenvalue weighted by atomic mass is 16.3. The smallest absolute Gasteiger partial charge is 0.118 e. The molecule has 0 unspecified atom stereocenters. The van der Waals surface area contributed by atoms with E-state index >= 15 is 0 Å². The van der Waals surface area contributed by atoms with Crippen LogP contribution in [0, 0.1) is 0 Å². The van der Waals surface area contributed by atoms with Gasteiger partial charge in [0.15, 0.2) is 0 Å². The highest BCUT2D eigenvalue weighted by Gasteiger charge is 2.33. The van der Waals surface area contributed by atoms with Crippen molar-refractivity contribution in [1.82, 2.24) is 9.80 Å². The van der Waals surface area contributed by atoms with Gasteiger partial charge in [-0.3, -0.25) is 4.90 Å². The monoisotopic (exact) mass is 280 g/mol. The maximum Gasteiger partial charge on any atom is 0.118 e. The number of β-amino-alcohol motifs (C(OH)–C–C–N with tert-alkyl or cyclic N) is 1. The second-order valence-corrected chi connectivity index (χ2v) is 6.39. The molecule has 0 aliphatic carbocycles. The van der Waals surface area contributed by atoms with Crippen molar-refractivity contribution >= 4 is 0 Å². The highest BCUT2D eigenvalue weighted by molar-refractivity contribution is 5.07. The number of aryl methyl sites for hydroxylation is 1. The van der Waals surface area contributed by atoms with E-state index in [0.717, 1.165) is 63.4 Å². The molecule has 20 heavy (non-hydrogen) atoms. The van der Waals surface area contributed by atoms with Crippen molar-refractivity contribution in [1.29, 1.82) is 0 Å². The molecule has 0 saturated carbocycles. The summed E-state index contributed by atoms with van der Waals surface area (Å²) >= 11 is 0. The minimum atomic E-state index is -0.583. The van der Waals surface area contributed by atoms with Gasteiger partial charge in [-0.1, -0.05) is 6.92 Å². The Morgan fingerprint density at radius 1 is 1.35 bits per heavy atom. The molecule has 1 N–H and O–H groups in total. The summed E-state index contributed by atoms with van der Waals surface area (Å²) in [5.74, 6) is 2.09. The fraction of sp³-hybridized carbons (Fsp3) is 0.750. The van der Waals surface area contributed by atoms with Crippen LogP contribution >= 0.6 is 0 Å². The first kappa shape index (κ1) is 15.5. The molecule has 114 valence electrons. The first-order chi connectivity index (χ1) is 9.50. The van der Waals surface area contributed by atoms with Crippen molar-refractivity contribution in [2.75, 3.05) is 33.7 Å². The molecule has 2 rings (SSSR count). The zero-order valence-corrected chi connectivity index (χ0v) is 13.1. The summed E-state index contributed by atoms with van der Waals surface area (Å²) in [6.45, 7) is 5.46. The van der Waals surface area contributed by atoms with Crippen molar-refractivity contribution in [2.24, 2.45) is 0 Å². The molecule has 2 heterocycles. The third-order valence-corrected chi connectivity index (χ3v) is 3.84. The molecule has 0 bridgehead atoms. The number of aliphatic hydroxyl groups is 1. The molecule has 0 aromatic carbocycles. The standard InChI is InChI=1S/C16H28N2O2/c1-4-6-14-7-8-15(20-14)11-18-10-5-9-16(19,13-18)12-17(2)3/h7-8,19H,4-6,9-13H2,1-3H3/t16-/m0/s1. The van der Waals surface area contributed by atoms with Crippen molar-refractivity contribution in [2.45, 2.75) is 44.8 Å². The molecule has 4 nitrogen and oxygen atoms in total. The van der Waals surface area contributed by atoms with E-state index < -0.39 is 5.60 Å². The lowest BCUT2D eigenvalue weighted by Gasteiger charge is -2.40. The van der Waals surface area contributed by atoms with Crippen LogP contribution in [0.25, 0.3) is 0 Å². The number of rotatable bonds is 6. The Bertz CT molecular complexity index is 416. The molecular formula is C16H28N2O2. The largest absolute Gasteiger partial charge is 0.465 e. The van der Waals surface area contributed by atoms with Crippen LogP contribution in [0.15, 0.2) is 16.5 Å². The Hall–Kier alpha value is -0.840.